The van der Waals surface area contributed by atoms with Crippen LogP contribution in [0.5, 0.6) is 0 Å². The zero-order valence-electron chi connectivity index (χ0n) is 18.3. The molecular weight excluding hydrogens is 446 g/mol. The summed E-state index contributed by atoms with van der Waals surface area (Å²) in [6.07, 6.45) is 3.93. The number of rotatable bonds is 6. The molecule has 0 bridgehead atoms. The van der Waals surface area contributed by atoms with E-state index < -0.39 is 5.56 Å². The third kappa shape index (κ3) is 3.82. The van der Waals surface area contributed by atoms with E-state index in [-0.39, 0.29) is 11.7 Å². The fraction of sp³-hybridized carbons (Fsp3) is 0.269. The second-order valence-corrected chi connectivity index (χ2v) is 9.83. The van der Waals surface area contributed by atoms with Crippen molar-refractivity contribution in [3.05, 3.63) is 86.3 Å². The number of aromatic nitrogens is 4. The third-order valence-corrected chi connectivity index (χ3v) is 7.36. The van der Waals surface area contributed by atoms with E-state index in [1.54, 1.807) is 4.57 Å². The Hall–Kier alpha value is -3.70. The van der Waals surface area contributed by atoms with Gasteiger partial charge in [-0.2, -0.15) is 5.26 Å². The largest absolute Gasteiger partial charge is 0.330 e. The van der Waals surface area contributed by atoms with E-state index in [9.17, 15) is 14.9 Å². The molecule has 6 rings (SSSR count). The summed E-state index contributed by atoms with van der Waals surface area (Å²) in [5.41, 5.74) is 3.28. The summed E-state index contributed by atoms with van der Waals surface area (Å²) in [4.78, 5) is 37.3. The minimum atomic E-state index is -0.426. The number of H-pyrrole nitrogens is 1. The molecule has 0 unspecified atom stereocenters. The first-order chi connectivity index (χ1) is 16.6. The van der Waals surface area contributed by atoms with E-state index in [1.807, 2.05) is 48.5 Å². The Morgan fingerprint density at radius 1 is 1.03 bits per heavy atom. The lowest BCUT2D eigenvalue weighted by Gasteiger charge is -2.12. The van der Waals surface area contributed by atoms with Gasteiger partial charge in [0.1, 0.15) is 16.2 Å². The third-order valence-electron chi connectivity index (χ3n) is 6.31. The second kappa shape index (κ2) is 8.26. The molecule has 2 aliphatic rings. The average molecular weight is 468 g/mol. The number of thioether (sulfide) groups is 1. The number of nitrogens with zero attached hydrogens (tertiary/aromatic N) is 4. The molecule has 2 aromatic heterocycles. The molecule has 0 radical (unpaired) electrons. The molecule has 34 heavy (non-hydrogen) atoms. The summed E-state index contributed by atoms with van der Waals surface area (Å²) in [6.45, 7) is 0. The van der Waals surface area contributed by atoms with Gasteiger partial charge in [0, 0.05) is 17.7 Å². The number of nitrogens with one attached hydrogen (secondary N) is 1. The molecule has 2 fully saturated rings. The van der Waals surface area contributed by atoms with Gasteiger partial charge in [-0.3, -0.25) is 14.3 Å². The maximum absolute atomic E-state index is 12.8. The van der Waals surface area contributed by atoms with Gasteiger partial charge in [-0.1, -0.05) is 42.5 Å². The normalized spacial score (nSPS) is 15.4. The lowest BCUT2D eigenvalue weighted by Crippen LogP contribution is -2.31. The molecule has 7 nitrogen and oxygen atoms in total. The van der Waals surface area contributed by atoms with Crippen molar-refractivity contribution in [3.8, 4) is 17.2 Å². The maximum Gasteiger partial charge on any atom is 0.330 e. The number of hydrogen-bond acceptors (Lipinski definition) is 6. The van der Waals surface area contributed by atoms with E-state index in [0.717, 1.165) is 48.2 Å². The molecule has 4 aromatic rings. The number of hydrogen-bond donors (Lipinski definition) is 1. The van der Waals surface area contributed by atoms with Gasteiger partial charge < -0.3 is 0 Å². The van der Waals surface area contributed by atoms with Crippen LogP contribution in [0.1, 0.15) is 54.6 Å². The Balaban J connectivity index is 1.34. The SMILES string of the molecule is N#Cc1ccccc1-c1ccc(CSc2nc(C3CC3)nc3c2c(=O)[nH]c(=O)n3C2CC2)cc1. The van der Waals surface area contributed by atoms with Crippen LogP contribution in [0.3, 0.4) is 0 Å². The standard InChI is InChI=1S/C26H21N5O2S/c27-13-18-3-1-2-4-20(18)16-7-5-15(6-8-16)14-34-25-21-23(28-22(29-25)17-9-10-17)31(19-11-12-19)26(33)30-24(21)32/h1-8,17,19H,9-12,14H2,(H,30,32,33). The van der Waals surface area contributed by atoms with Gasteiger partial charge in [-0.05, 0) is 48.4 Å². The zero-order valence-corrected chi connectivity index (χ0v) is 19.1. The first-order valence-corrected chi connectivity index (χ1v) is 12.4. The van der Waals surface area contributed by atoms with Crippen LogP contribution in [0.2, 0.25) is 0 Å². The van der Waals surface area contributed by atoms with Crippen molar-refractivity contribution in [3.63, 3.8) is 0 Å². The topological polar surface area (TPSA) is 104 Å². The molecule has 0 saturated heterocycles. The van der Waals surface area contributed by atoms with Crippen LogP contribution >= 0.6 is 11.8 Å². The number of fused-ring (bicyclic) bond motifs is 1. The number of benzene rings is 2. The highest BCUT2D eigenvalue weighted by atomic mass is 32.2. The van der Waals surface area contributed by atoms with Gasteiger partial charge in [0.25, 0.3) is 5.56 Å². The Labute approximate surface area is 199 Å². The Kier molecular flexibility index (Phi) is 5.07. The Morgan fingerprint density at radius 3 is 2.50 bits per heavy atom. The summed E-state index contributed by atoms with van der Waals surface area (Å²) >= 11 is 1.49. The van der Waals surface area contributed by atoms with Crippen LogP contribution in [0.4, 0.5) is 0 Å². The molecule has 0 spiro atoms. The molecule has 0 amide bonds. The van der Waals surface area contributed by atoms with Crippen LogP contribution in [0, 0.1) is 11.3 Å². The number of aromatic amines is 1. The lowest BCUT2D eigenvalue weighted by atomic mass is 10.00. The molecular formula is C26H21N5O2S. The highest BCUT2D eigenvalue weighted by molar-refractivity contribution is 7.98. The van der Waals surface area contributed by atoms with E-state index in [2.05, 4.69) is 16.0 Å². The van der Waals surface area contributed by atoms with Gasteiger partial charge in [0.2, 0.25) is 0 Å². The quantitative estimate of drug-likeness (QED) is 0.330. The molecule has 2 aliphatic carbocycles. The van der Waals surface area contributed by atoms with Crippen molar-refractivity contribution in [2.24, 2.45) is 0 Å². The summed E-state index contributed by atoms with van der Waals surface area (Å²) < 4.78 is 1.65. The molecule has 0 atom stereocenters. The van der Waals surface area contributed by atoms with Crippen molar-refractivity contribution < 1.29 is 0 Å². The van der Waals surface area contributed by atoms with Crippen molar-refractivity contribution in [2.45, 2.75) is 48.4 Å². The molecule has 2 aromatic carbocycles. The van der Waals surface area contributed by atoms with Crippen LogP contribution in [0.15, 0.2) is 63.1 Å². The molecule has 2 saturated carbocycles. The minimum Gasteiger partial charge on any atom is -0.274 e. The van der Waals surface area contributed by atoms with Crippen molar-refractivity contribution in [2.75, 3.05) is 0 Å². The first-order valence-electron chi connectivity index (χ1n) is 11.4. The van der Waals surface area contributed by atoms with Crippen LogP contribution in [-0.4, -0.2) is 19.5 Å². The van der Waals surface area contributed by atoms with Gasteiger partial charge >= 0.3 is 5.69 Å². The van der Waals surface area contributed by atoms with E-state index in [4.69, 9.17) is 4.98 Å². The highest BCUT2D eigenvalue weighted by Crippen LogP contribution is 2.41. The summed E-state index contributed by atoms with van der Waals surface area (Å²) in [5.74, 6) is 1.67. The predicted octanol–water partition coefficient (Wildman–Crippen LogP) is 4.52. The monoisotopic (exact) mass is 467 g/mol. The molecule has 168 valence electrons. The summed E-state index contributed by atoms with van der Waals surface area (Å²) in [6, 6.07) is 18.0. The fourth-order valence-corrected chi connectivity index (χ4v) is 5.18. The molecule has 2 heterocycles. The fourth-order valence-electron chi connectivity index (χ4n) is 4.20. The Morgan fingerprint density at radius 2 is 1.79 bits per heavy atom. The predicted molar refractivity (Wildman–Crippen MR) is 131 cm³/mol. The zero-order chi connectivity index (χ0) is 23.2. The van der Waals surface area contributed by atoms with Crippen LogP contribution < -0.4 is 11.2 Å². The van der Waals surface area contributed by atoms with E-state index in [0.29, 0.717) is 33.3 Å². The van der Waals surface area contributed by atoms with Crippen LogP contribution in [0.25, 0.3) is 22.2 Å². The summed E-state index contributed by atoms with van der Waals surface area (Å²) in [7, 11) is 0. The average Bonchev–Trinajstić information content (AvgIpc) is 3.76. The molecule has 8 heteroatoms. The van der Waals surface area contributed by atoms with Gasteiger partial charge in [0.05, 0.1) is 11.6 Å². The first kappa shape index (κ1) is 20.9. The highest BCUT2D eigenvalue weighted by Gasteiger charge is 2.32. The summed E-state index contributed by atoms with van der Waals surface area (Å²) in [5, 5.41) is 10.4. The lowest BCUT2D eigenvalue weighted by molar-refractivity contribution is 0.691. The second-order valence-electron chi connectivity index (χ2n) is 8.86. The van der Waals surface area contributed by atoms with E-state index in [1.165, 1.54) is 11.8 Å². The number of nitriles is 1. The van der Waals surface area contributed by atoms with Crippen molar-refractivity contribution >= 4 is 22.8 Å². The molecule has 1 N–H and O–H groups in total. The van der Waals surface area contributed by atoms with Gasteiger partial charge in [-0.15, -0.1) is 11.8 Å². The Bertz CT molecular complexity index is 1570. The minimum absolute atomic E-state index is 0.107. The van der Waals surface area contributed by atoms with Crippen molar-refractivity contribution in [1.82, 2.24) is 19.5 Å². The van der Waals surface area contributed by atoms with Crippen LogP contribution in [-0.2, 0) is 5.75 Å². The van der Waals surface area contributed by atoms with Crippen molar-refractivity contribution in [1.29, 1.82) is 5.26 Å². The smallest absolute Gasteiger partial charge is 0.274 e. The van der Waals surface area contributed by atoms with Gasteiger partial charge in [-0.25, -0.2) is 14.8 Å². The maximum atomic E-state index is 12.8. The van der Waals surface area contributed by atoms with Gasteiger partial charge in [0.15, 0.2) is 5.65 Å². The van der Waals surface area contributed by atoms with E-state index >= 15 is 0 Å². The molecule has 0 aliphatic heterocycles.